The van der Waals surface area contributed by atoms with E-state index in [1.54, 1.807) is 19.2 Å². The van der Waals surface area contributed by atoms with E-state index in [-0.39, 0.29) is 6.04 Å². The zero-order valence-electron chi connectivity index (χ0n) is 11.1. The molecule has 100 valence electrons. The molecule has 0 spiro atoms. The summed E-state index contributed by atoms with van der Waals surface area (Å²) in [5.74, 6) is 0. The molecule has 0 aliphatic carbocycles. The minimum absolute atomic E-state index is 0.0663. The van der Waals surface area contributed by atoms with Gasteiger partial charge in [0.25, 0.3) is 0 Å². The molecular weight excluding hydrogens is 248 g/mol. The maximum absolute atomic E-state index is 12.5. The summed E-state index contributed by atoms with van der Waals surface area (Å²) >= 11 is 0. The van der Waals surface area contributed by atoms with Crippen LogP contribution in [-0.4, -0.2) is 38.9 Å². The van der Waals surface area contributed by atoms with Crippen LogP contribution in [0.3, 0.4) is 0 Å². The van der Waals surface area contributed by atoms with E-state index in [1.165, 1.54) is 4.31 Å². The largest absolute Gasteiger partial charge is 0.315 e. The highest BCUT2D eigenvalue weighted by molar-refractivity contribution is 7.89. The molecule has 18 heavy (non-hydrogen) atoms. The van der Waals surface area contributed by atoms with Crippen molar-refractivity contribution in [2.75, 3.05) is 20.1 Å². The Morgan fingerprint density at radius 2 is 2.00 bits per heavy atom. The highest BCUT2D eigenvalue weighted by Gasteiger charge is 2.29. The number of benzene rings is 1. The minimum Gasteiger partial charge on any atom is -0.315 e. The van der Waals surface area contributed by atoms with Crippen molar-refractivity contribution in [3.63, 3.8) is 0 Å². The van der Waals surface area contributed by atoms with Gasteiger partial charge >= 0.3 is 0 Å². The average Bonchev–Trinajstić information content (AvgIpc) is 2.85. The van der Waals surface area contributed by atoms with E-state index in [2.05, 4.69) is 5.32 Å². The van der Waals surface area contributed by atoms with Crippen molar-refractivity contribution in [2.24, 2.45) is 0 Å². The highest BCUT2D eigenvalue weighted by atomic mass is 32.2. The third-order valence-electron chi connectivity index (χ3n) is 3.70. The van der Waals surface area contributed by atoms with E-state index in [1.807, 2.05) is 19.9 Å². The monoisotopic (exact) mass is 268 g/mol. The first kappa shape index (κ1) is 13.5. The van der Waals surface area contributed by atoms with Crippen molar-refractivity contribution in [1.82, 2.24) is 9.62 Å². The van der Waals surface area contributed by atoms with Crippen LogP contribution < -0.4 is 5.32 Å². The molecule has 5 heteroatoms. The zero-order chi connectivity index (χ0) is 13.3. The van der Waals surface area contributed by atoms with E-state index in [0.29, 0.717) is 4.90 Å². The van der Waals surface area contributed by atoms with Crippen LogP contribution >= 0.6 is 0 Å². The van der Waals surface area contributed by atoms with E-state index in [0.717, 1.165) is 30.6 Å². The summed E-state index contributed by atoms with van der Waals surface area (Å²) in [6.07, 6.45) is 0.876. The van der Waals surface area contributed by atoms with Gasteiger partial charge in [-0.1, -0.05) is 6.07 Å². The van der Waals surface area contributed by atoms with Crippen LogP contribution in [0.25, 0.3) is 0 Å². The van der Waals surface area contributed by atoms with Gasteiger partial charge in [0.1, 0.15) is 0 Å². The number of nitrogens with zero attached hydrogens (tertiary/aromatic N) is 1. The smallest absolute Gasteiger partial charge is 0.243 e. The van der Waals surface area contributed by atoms with Gasteiger partial charge in [-0.15, -0.1) is 0 Å². The van der Waals surface area contributed by atoms with Crippen LogP contribution in [0.1, 0.15) is 17.5 Å². The second-order valence-electron chi connectivity index (χ2n) is 4.91. The second-order valence-corrected chi connectivity index (χ2v) is 6.91. The summed E-state index contributed by atoms with van der Waals surface area (Å²) in [7, 11) is -1.70. The highest BCUT2D eigenvalue weighted by Crippen LogP contribution is 2.21. The molecule has 1 heterocycles. The molecular formula is C13H20N2O2S. The molecule has 0 saturated carbocycles. The molecule has 0 unspecified atom stereocenters. The number of rotatable bonds is 3. The third-order valence-corrected chi connectivity index (χ3v) is 5.61. The molecule has 0 amide bonds. The second kappa shape index (κ2) is 4.99. The maximum atomic E-state index is 12.5. The predicted molar refractivity (Wildman–Crippen MR) is 72.1 cm³/mol. The fourth-order valence-corrected chi connectivity index (χ4v) is 3.66. The van der Waals surface area contributed by atoms with Crippen molar-refractivity contribution in [3.8, 4) is 0 Å². The summed E-state index contributed by atoms with van der Waals surface area (Å²) in [6, 6.07) is 5.37. The molecule has 0 aromatic heterocycles. The van der Waals surface area contributed by atoms with Gasteiger partial charge in [0.15, 0.2) is 0 Å². The Bertz CT molecular complexity index is 534. The number of nitrogens with one attached hydrogen (secondary N) is 1. The molecule has 1 aromatic carbocycles. The molecule has 4 nitrogen and oxygen atoms in total. The minimum atomic E-state index is -3.37. The Morgan fingerprint density at radius 3 is 2.56 bits per heavy atom. The van der Waals surface area contributed by atoms with E-state index >= 15 is 0 Å². The van der Waals surface area contributed by atoms with Crippen LogP contribution in [-0.2, 0) is 10.0 Å². The first-order valence-corrected chi connectivity index (χ1v) is 7.63. The lowest BCUT2D eigenvalue weighted by Crippen LogP contribution is -2.38. The summed E-state index contributed by atoms with van der Waals surface area (Å²) in [5.41, 5.74) is 2.12. The van der Waals surface area contributed by atoms with Crippen molar-refractivity contribution >= 4 is 10.0 Å². The molecule has 1 aliphatic heterocycles. The van der Waals surface area contributed by atoms with Gasteiger partial charge in [-0.3, -0.25) is 0 Å². The first-order chi connectivity index (χ1) is 8.43. The molecule has 1 saturated heterocycles. The van der Waals surface area contributed by atoms with E-state index < -0.39 is 10.0 Å². The van der Waals surface area contributed by atoms with Crippen LogP contribution in [0.2, 0.25) is 0 Å². The van der Waals surface area contributed by atoms with Crippen LogP contribution in [0, 0.1) is 13.8 Å². The maximum Gasteiger partial charge on any atom is 0.243 e. The topological polar surface area (TPSA) is 49.4 Å². The first-order valence-electron chi connectivity index (χ1n) is 6.19. The quantitative estimate of drug-likeness (QED) is 0.898. The molecule has 0 radical (unpaired) electrons. The van der Waals surface area contributed by atoms with Gasteiger partial charge in [-0.2, -0.15) is 4.31 Å². The summed E-state index contributed by atoms with van der Waals surface area (Å²) < 4.78 is 26.5. The lowest BCUT2D eigenvalue weighted by Gasteiger charge is -2.23. The van der Waals surface area contributed by atoms with E-state index in [9.17, 15) is 8.42 Å². The van der Waals surface area contributed by atoms with Crippen LogP contribution in [0.5, 0.6) is 0 Å². The Morgan fingerprint density at radius 1 is 1.28 bits per heavy atom. The average molecular weight is 268 g/mol. The SMILES string of the molecule is Cc1ccc(S(=O)(=O)N(C)[C@@H]2CCNC2)cc1C. The predicted octanol–water partition coefficient (Wildman–Crippen LogP) is 1.29. The van der Waals surface area contributed by atoms with Gasteiger partial charge in [0, 0.05) is 19.6 Å². The van der Waals surface area contributed by atoms with Crippen molar-refractivity contribution < 1.29 is 8.42 Å². The van der Waals surface area contributed by atoms with Gasteiger partial charge in [0.2, 0.25) is 10.0 Å². The summed E-state index contributed by atoms with van der Waals surface area (Å²) in [5, 5.41) is 3.19. The number of hydrogen-bond donors (Lipinski definition) is 1. The van der Waals surface area contributed by atoms with Gasteiger partial charge < -0.3 is 5.32 Å². The van der Waals surface area contributed by atoms with Crippen molar-refractivity contribution in [1.29, 1.82) is 0 Å². The normalized spacial score (nSPS) is 20.6. The molecule has 1 aromatic rings. The number of sulfonamides is 1. The summed E-state index contributed by atoms with van der Waals surface area (Å²) in [6.45, 7) is 5.54. The Kier molecular flexibility index (Phi) is 3.75. The van der Waals surface area contributed by atoms with Crippen LogP contribution in [0.4, 0.5) is 0 Å². The number of aryl methyl sites for hydroxylation is 2. The molecule has 1 N–H and O–H groups in total. The summed E-state index contributed by atoms with van der Waals surface area (Å²) in [4.78, 5) is 0.389. The van der Waals surface area contributed by atoms with Crippen LogP contribution in [0.15, 0.2) is 23.1 Å². The number of hydrogen-bond acceptors (Lipinski definition) is 3. The lowest BCUT2D eigenvalue weighted by atomic mass is 10.1. The fraction of sp³-hybridized carbons (Fsp3) is 0.538. The molecule has 1 aliphatic rings. The van der Waals surface area contributed by atoms with Gasteiger partial charge in [-0.25, -0.2) is 8.42 Å². The number of likely N-dealkylation sites (N-methyl/N-ethyl adjacent to an activating group) is 1. The van der Waals surface area contributed by atoms with Gasteiger partial charge in [-0.05, 0) is 50.1 Å². The van der Waals surface area contributed by atoms with E-state index in [4.69, 9.17) is 0 Å². The molecule has 0 bridgehead atoms. The standard InChI is InChI=1S/C13H20N2O2S/c1-10-4-5-13(8-11(10)2)18(16,17)15(3)12-6-7-14-9-12/h4-5,8,12,14H,6-7,9H2,1-3H3/t12-/m1/s1. The zero-order valence-corrected chi connectivity index (χ0v) is 11.9. The van der Waals surface area contributed by atoms with Crippen molar-refractivity contribution in [2.45, 2.75) is 31.2 Å². The van der Waals surface area contributed by atoms with Gasteiger partial charge in [0.05, 0.1) is 4.90 Å². The third kappa shape index (κ3) is 2.43. The molecule has 2 rings (SSSR count). The molecule has 1 atom stereocenters. The van der Waals surface area contributed by atoms with Crippen molar-refractivity contribution in [3.05, 3.63) is 29.3 Å². The fourth-order valence-electron chi connectivity index (χ4n) is 2.19. The Labute approximate surface area is 109 Å². The Hall–Kier alpha value is -0.910. The molecule has 1 fully saturated rings. The Balaban J connectivity index is 2.32. The lowest BCUT2D eigenvalue weighted by molar-refractivity contribution is 0.387.